The van der Waals surface area contributed by atoms with Crippen LogP contribution in [0.1, 0.15) is 22.7 Å². The Balaban J connectivity index is 1.66. The third-order valence-electron chi connectivity index (χ3n) is 4.92. The van der Waals surface area contributed by atoms with Gasteiger partial charge in [0.25, 0.3) is 0 Å². The third-order valence-corrected chi connectivity index (χ3v) is 4.92. The predicted molar refractivity (Wildman–Crippen MR) is 101 cm³/mol. The molecule has 0 spiro atoms. The number of ether oxygens (including phenoxy) is 1. The molecule has 1 N–H and O–H groups in total. The lowest BCUT2D eigenvalue weighted by atomic mass is 10.0. The maximum Gasteiger partial charge on any atom is 0.120 e. The van der Waals surface area contributed by atoms with Gasteiger partial charge in [-0.05, 0) is 37.2 Å². The SMILES string of the molecule is Cc1ccc(COc2cccc(C(CO)N3CCN(C)CC3)c2)cc1. The highest BCUT2D eigenvalue weighted by Crippen LogP contribution is 2.25. The van der Waals surface area contributed by atoms with E-state index in [-0.39, 0.29) is 12.6 Å². The zero-order chi connectivity index (χ0) is 17.6. The van der Waals surface area contributed by atoms with Crippen LogP contribution in [-0.4, -0.2) is 54.7 Å². The number of nitrogens with zero attached hydrogens (tertiary/aromatic N) is 2. The molecule has 1 fully saturated rings. The Morgan fingerprint density at radius 1 is 1.04 bits per heavy atom. The van der Waals surface area contributed by atoms with Gasteiger partial charge < -0.3 is 14.7 Å². The van der Waals surface area contributed by atoms with E-state index in [1.165, 1.54) is 5.56 Å². The van der Waals surface area contributed by atoms with E-state index in [1.807, 2.05) is 12.1 Å². The lowest BCUT2D eigenvalue weighted by Gasteiger charge is -2.37. The first-order valence-electron chi connectivity index (χ1n) is 8.97. The fraction of sp³-hybridized carbons (Fsp3) is 0.429. The number of piperazine rings is 1. The van der Waals surface area contributed by atoms with Gasteiger partial charge >= 0.3 is 0 Å². The fourth-order valence-corrected chi connectivity index (χ4v) is 3.23. The number of aryl methyl sites for hydroxylation is 1. The lowest BCUT2D eigenvalue weighted by molar-refractivity contribution is 0.0746. The van der Waals surface area contributed by atoms with Crippen LogP contribution in [-0.2, 0) is 6.61 Å². The molecule has 0 aliphatic carbocycles. The van der Waals surface area contributed by atoms with Gasteiger partial charge in [0.15, 0.2) is 0 Å². The summed E-state index contributed by atoms with van der Waals surface area (Å²) in [5.74, 6) is 0.852. The Hall–Kier alpha value is -1.88. The molecule has 1 atom stereocenters. The highest BCUT2D eigenvalue weighted by atomic mass is 16.5. The van der Waals surface area contributed by atoms with E-state index in [1.54, 1.807) is 0 Å². The average molecular weight is 340 g/mol. The summed E-state index contributed by atoms with van der Waals surface area (Å²) in [5, 5.41) is 9.93. The Morgan fingerprint density at radius 3 is 2.44 bits per heavy atom. The summed E-state index contributed by atoms with van der Waals surface area (Å²) in [6, 6.07) is 16.6. The van der Waals surface area contributed by atoms with Crippen LogP contribution in [0.25, 0.3) is 0 Å². The summed E-state index contributed by atoms with van der Waals surface area (Å²) in [6.07, 6.45) is 0. The van der Waals surface area contributed by atoms with E-state index >= 15 is 0 Å². The van der Waals surface area contributed by atoms with Crippen LogP contribution in [0.5, 0.6) is 5.75 Å². The molecule has 2 aromatic rings. The summed E-state index contributed by atoms with van der Waals surface area (Å²) < 4.78 is 5.96. The van der Waals surface area contributed by atoms with Gasteiger partial charge in [0.05, 0.1) is 12.6 Å². The summed E-state index contributed by atoms with van der Waals surface area (Å²) in [4.78, 5) is 4.69. The van der Waals surface area contributed by atoms with Crippen molar-refractivity contribution in [2.24, 2.45) is 0 Å². The second-order valence-electron chi connectivity index (χ2n) is 6.88. The van der Waals surface area contributed by atoms with Crippen molar-refractivity contribution in [3.63, 3.8) is 0 Å². The first kappa shape index (κ1) is 17.9. The molecule has 1 heterocycles. The molecule has 1 aliphatic rings. The number of hydrogen-bond donors (Lipinski definition) is 1. The summed E-state index contributed by atoms with van der Waals surface area (Å²) >= 11 is 0. The van der Waals surface area contributed by atoms with Gasteiger partial charge in [-0.15, -0.1) is 0 Å². The first-order valence-corrected chi connectivity index (χ1v) is 8.97. The molecule has 1 aliphatic heterocycles. The van der Waals surface area contributed by atoms with E-state index in [4.69, 9.17) is 4.74 Å². The van der Waals surface area contributed by atoms with E-state index in [0.29, 0.717) is 6.61 Å². The van der Waals surface area contributed by atoms with Crippen LogP contribution < -0.4 is 4.74 Å². The minimum absolute atomic E-state index is 0.0385. The van der Waals surface area contributed by atoms with Gasteiger partial charge in [-0.2, -0.15) is 0 Å². The summed E-state index contributed by atoms with van der Waals surface area (Å²) in [5.41, 5.74) is 3.53. The van der Waals surface area contributed by atoms with Crippen molar-refractivity contribution >= 4 is 0 Å². The van der Waals surface area contributed by atoms with Crippen LogP contribution in [0, 0.1) is 6.92 Å². The minimum atomic E-state index is 0.0385. The topological polar surface area (TPSA) is 35.9 Å². The number of rotatable bonds is 6. The molecule has 4 nitrogen and oxygen atoms in total. The third kappa shape index (κ3) is 4.82. The molecule has 0 saturated carbocycles. The molecule has 4 heteroatoms. The lowest BCUT2D eigenvalue weighted by Crippen LogP contribution is -2.46. The zero-order valence-corrected chi connectivity index (χ0v) is 15.2. The molecule has 1 saturated heterocycles. The van der Waals surface area contributed by atoms with Crippen molar-refractivity contribution in [2.75, 3.05) is 39.8 Å². The zero-order valence-electron chi connectivity index (χ0n) is 15.2. The number of aliphatic hydroxyl groups excluding tert-OH is 1. The van der Waals surface area contributed by atoms with Crippen molar-refractivity contribution in [1.82, 2.24) is 9.80 Å². The Kier molecular flexibility index (Phi) is 6.08. The van der Waals surface area contributed by atoms with E-state index < -0.39 is 0 Å². The fourth-order valence-electron chi connectivity index (χ4n) is 3.23. The van der Waals surface area contributed by atoms with Crippen molar-refractivity contribution in [3.05, 3.63) is 65.2 Å². The number of aliphatic hydroxyl groups is 1. The van der Waals surface area contributed by atoms with Gasteiger partial charge in [-0.1, -0.05) is 42.0 Å². The second kappa shape index (κ2) is 8.48. The normalized spacial score (nSPS) is 17.4. The predicted octanol–water partition coefficient (Wildman–Crippen LogP) is 2.85. The van der Waals surface area contributed by atoms with Crippen molar-refractivity contribution in [2.45, 2.75) is 19.6 Å². The number of hydrogen-bond acceptors (Lipinski definition) is 4. The van der Waals surface area contributed by atoms with Crippen LogP contribution >= 0.6 is 0 Å². The molecule has 1 unspecified atom stereocenters. The van der Waals surface area contributed by atoms with E-state index in [2.05, 4.69) is 60.2 Å². The molecule has 0 radical (unpaired) electrons. The van der Waals surface area contributed by atoms with E-state index in [9.17, 15) is 5.11 Å². The number of benzene rings is 2. The maximum atomic E-state index is 9.93. The molecule has 2 aromatic carbocycles. The number of likely N-dealkylation sites (N-methyl/N-ethyl adjacent to an activating group) is 1. The van der Waals surface area contributed by atoms with Crippen molar-refractivity contribution in [3.8, 4) is 5.75 Å². The summed E-state index contributed by atoms with van der Waals surface area (Å²) in [7, 11) is 2.14. The quantitative estimate of drug-likeness (QED) is 0.877. The molecule has 25 heavy (non-hydrogen) atoms. The average Bonchev–Trinajstić information content (AvgIpc) is 2.64. The highest BCUT2D eigenvalue weighted by Gasteiger charge is 2.23. The second-order valence-corrected chi connectivity index (χ2v) is 6.88. The van der Waals surface area contributed by atoms with Gasteiger partial charge in [0.1, 0.15) is 12.4 Å². The highest BCUT2D eigenvalue weighted by molar-refractivity contribution is 5.31. The molecule has 0 bridgehead atoms. The van der Waals surface area contributed by atoms with Gasteiger partial charge in [0.2, 0.25) is 0 Å². The van der Waals surface area contributed by atoms with E-state index in [0.717, 1.165) is 43.1 Å². The minimum Gasteiger partial charge on any atom is -0.489 e. The first-order chi connectivity index (χ1) is 12.2. The van der Waals surface area contributed by atoms with Crippen molar-refractivity contribution in [1.29, 1.82) is 0 Å². The molecule has 0 amide bonds. The molecular weight excluding hydrogens is 312 g/mol. The monoisotopic (exact) mass is 340 g/mol. The maximum absolute atomic E-state index is 9.93. The van der Waals surface area contributed by atoms with Gasteiger partial charge in [-0.25, -0.2) is 0 Å². The molecule has 134 valence electrons. The standard InChI is InChI=1S/C21H28N2O2/c1-17-6-8-18(9-7-17)16-25-20-5-3-4-19(14-20)21(15-24)23-12-10-22(2)11-13-23/h3-9,14,21,24H,10-13,15-16H2,1-2H3. The summed E-state index contributed by atoms with van der Waals surface area (Å²) in [6.45, 7) is 6.82. The largest absolute Gasteiger partial charge is 0.489 e. The van der Waals surface area contributed by atoms with Crippen LogP contribution in [0.2, 0.25) is 0 Å². The molecule has 0 aromatic heterocycles. The Labute approximate surface area is 150 Å². The van der Waals surface area contributed by atoms with Crippen LogP contribution in [0.4, 0.5) is 0 Å². The van der Waals surface area contributed by atoms with Crippen LogP contribution in [0.15, 0.2) is 48.5 Å². The van der Waals surface area contributed by atoms with Crippen LogP contribution in [0.3, 0.4) is 0 Å². The van der Waals surface area contributed by atoms with Gasteiger partial charge in [0, 0.05) is 26.2 Å². The Bertz CT molecular complexity index is 664. The smallest absolute Gasteiger partial charge is 0.120 e. The Morgan fingerprint density at radius 2 is 1.76 bits per heavy atom. The van der Waals surface area contributed by atoms with Crippen molar-refractivity contribution < 1.29 is 9.84 Å². The van der Waals surface area contributed by atoms with Gasteiger partial charge in [-0.3, -0.25) is 4.90 Å². The molecular formula is C21H28N2O2. The molecule has 3 rings (SSSR count).